The molecule has 0 saturated carbocycles. The predicted molar refractivity (Wildman–Crippen MR) is 131 cm³/mol. The number of carbonyl (C=O) groups is 1. The number of hydrogen-bond donors (Lipinski definition) is 2. The number of benzene rings is 1. The summed E-state index contributed by atoms with van der Waals surface area (Å²) in [5, 5.41) is 10.6. The van der Waals surface area contributed by atoms with E-state index in [1.54, 1.807) is 31.4 Å². The van der Waals surface area contributed by atoms with Gasteiger partial charge in [-0.15, -0.1) is 0 Å². The SMILES string of the molecule is COc1ccc(Cc2c(O)nc(SCC(=O)N3C[C@@H]4C[C@H](C3)c3cccc(=O)n3C4)[nH]c2=O)cc1. The summed E-state index contributed by atoms with van der Waals surface area (Å²) in [5.41, 5.74) is 1.57. The van der Waals surface area contributed by atoms with Crippen LogP contribution in [-0.4, -0.2) is 56.4 Å². The van der Waals surface area contributed by atoms with Crippen LogP contribution in [0.25, 0.3) is 0 Å². The predicted octanol–water partition coefficient (Wildman–Crippen LogP) is 1.97. The average Bonchev–Trinajstić information content (AvgIpc) is 2.85. The first-order valence-electron chi connectivity index (χ1n) is 11.5. The van der Waals surface area contributed by atoms with Gasteiger partial charge in [-0.2, -0.15) is 4.98 Å². The van der Waals surface area contributed by atoms with Crippen LogP contribution in [0.3, 0.4) is 0 Å². The van der Waals surface area contributed by atoms with Crippen molar-refractivity contribution in [2.45, 2.75) is 30.5 Å². The lowest BCUT2D eigenvalue weighted by Gasteiger charge is -2.42. The molecule has 0 unspecified atom stereocenters. The van der Waals surface area contributed by atoms with Crippen molar-refractivity contribution in [3.63, 3.8) is 0 Å². The molecule has 5 rings (SSSR count). The number of amides is 1. The van der Waals surface area contributed by atoms with E-state index in [0.717, 1.165) is 29.4 Å². The van der Waals surface area contributed by atoms with E-state index in [2.05, 4.69) is 9.97 Å². The van der Waals surface area contributed by atoms with Gasteiger partial charge in [-0.3, -0.25) is 14.4 Å². The molecular weight excluding hydrogens is 468 g/mol. The van der Waals surface area contributed by atoms with Gasteiger partial charge >= 0.3 is 0 Å². The van der Waals surface area contributed by atoms with Gasteiger partial charge in [0.1, 0.15) is 5.75 Å². The van der Waals surface area contributed by atoms with Crippen LogP contribution in [-0.2, 0) is 17.8 Å². The topological polar surface area (TPSA) is 118 Å². The Kier molecular flexibility index (Phi) is 6.38. The highest BCUT2D eigenvalue weighted by molar-refractivity contribution is 7.99. The Morgan fingerprint density at radius 1 is 1.17 bits per heavy atom. The summed E-state index contributed by atoms with van der Waals surface area (Å²) in [6, 6.07) is 12.5. The molecule has 182 valence electrons. The lowest BCUT2D eigenvalue weighted by molar-refractivity contribution is -0.131. The monoisotopic (exact) mass is 494 g/mol. The highest BCUT2D eigenvalue weighted by Gasteiger charge is 2.36. The lowest BCUT2D eigenvalue weighted by Crippen LogP contribution is -2.49. The van der Waals surface area contributed by atoms with Crippen molar-refractivity contribution in [3.05, 3.63) is 80.0 Å². The molecule has 2 aliphatic rings. The molecule has 2 aliphatic heterocycles. The van der Waals surface area contributed by atoms with Crippen LogP contribution in [0.4, 0.5) is 0 Å². The molecule has 3 aromatic rings. The number of methoxy groups -OCH3 is 1. The third kappa shape index (κ3) is 4.84. The van der Waals surface area contributed by atoms with Crippen LogP contribution in [0.1, 0.15) is 29.2 Å². The molecule has 1 amide bonds. The van der Waals surface area contributed by atoms with Crippen molar-refractivity contribution in [3.8, 4) is 11.6 Å². The van der Waals surface area contributed by atoms with Crippen LogP contribution in [0, 0.1) is 5.92 Å². The smallest absolute Gasteiger partial charge is 0.258 e. The normalized spacial score (nSPS) is 18.7. The maximum atomic E-state index is 13.0. The van der Waals surface area contributed by atoms with Gasteiger partial charge in [0.15, 0.2) is 5.16 Å². The number of pyridine rings is 1. The van der Waals surface area contributed by atoms with E-state index in [9.17, 15) is 19.5 Å². The number of rotatable bonds is 6. The van der Waals surface area contributed by atoms with Gasteiger partial charge < -0.3 is 24.3 Å². The second kappa shape index (κ2) is 9.61. The number of likely N-dealkylation sites (tertiary alicyclic amines) is 1. The van der Waals surface area contributed by atoms with Crippen LogP contribution < -0.4 is 15.9 Å². The standard InChI is InChI=1S/C25H26N4O5S/c1-34-18-7-5-15(6-8-18)10-19-23(32)26-25(27-24(19)33)35-14-22(31)28-11-16-9-17(13-28)20-3-2-4-21(30)29(20)12-16/h2-8,16-17H,9-14H2,1H3,(H2,26,27,32,33)/t16-,17+/m0/s1. The summed E-state index contributed by atoms with van der Waals surface area (Å²) >= 11 is 1.10. The van der Waals surface area contributed by atoms with E-state index >= 15 is 0 Å². The third-order valence-corrected chi connectivity index (χ3v) is 7.53. The lowest BCUT2D eigenvalue weighted by atomic mass is 9.83. The van der Waals surface area contributed by atoms with Crippen molar-refractivity contribution in [2.75, 3.05) is 26.0 Å². The number of carbonyl (C=O) groups excluding carboxylic acids is 1. The molecule has 35 heavy (non-hydrogen) atoms. The zero-order valence-electron chi connectivity index (χ0n) is 19.3. The average molecular weight is 495 g/mol. The van der Waals surface area contributed by atoms with E-state index in [-0.39, 0.29) is 52.1 Å². The van der Waals surface area contributed by atoms with Crippen molar-refractivity contribution >= 4 is 17.7 Å². The van der Waals surface area contributed by atoms with Crippen LogP contribution in [0.5, 0.6) is 11.6 Å². The highest BCUT2D eigenvalue weighted by Crippen LogP contribution is 2.35. The minimum Gasteiger partial charge on any atom is -0.497 e. The van der Waals surface area contributed by atoms with Crippen LogP contribution in [0.2, 0.25) is 0 Å². The fraction of sp³-hybridized carbons (Fsp3) is 0.360. The summed E-state index contributed by atoms with van der Waals surface area (Å²) in [6.45, 7) is 1.79. The molecule has 0 radical (unpaired) electrons. The Morgan fingerprint density at radius 3 is 2.71 bits per heavy atom. The number of aromatic hydroxyl groups is 1. The molecule has 1 fully saturated rings. The molecular formula is C25H26N4O5S. The maximum Gasteiger partial charge on any atom is 0.258 e. The number of fused-ring (bicyclic) bond motifs is 4. The number of hydrogen-bond acceptors (Lipinski definition) is 7. The Labute approximate surface area is 205 Å². The number of thioether (sulfide) groups is 1. The minimum absolute atomic E-state index is 0.0119. The number of aromatic nitrogens is 3. The Morgan fingerprint density at radius 2 is 1.97 bits per heavy atom. The quantitative estimate of drug-likeness (QED) is 0.397. The van der Waals surface area contributed by atoms with Gasteiger partial charge in [-0.25, -0.2) is 0 Å². The van der Waals surface area contributed by atoms with Crippen molar-refractivity contribution in [2.24, 2.45) is 5.92 Å². The van der Waals surface area contributed by atoms with E-state index in [4.69, 9.17) is 4.74 Å². The first-order chi connectivity index (χ1) is 16.9. The zero-order valence-corrected chi connectivity index (χ0v) is 20.1. The van der Waals surface area contributed by atoms with Crippen molar-refractivity contribution in [1.82, 2.24) is 19.4 Å². The van der Waals surface area contributed by atoms with Crippen molar-refractivity contribution in [1.29, 1.82) is 0 Å². The Bertz CT molecular complexity index is 1370. The molecule has 1 saturated heterocycles. The molecule has 10 heteroatoms. The number of H-pyrrole nitrogens is 1. The summed E-state index contributed by atoms with van der Waals surface area (Å²) in [6.07, 6.45) is 1.20. The van der Waals surface area contributed by atoms with Gasteiger partial charge in [0.05, 0.1) is 18.4 Å². The summed E-state index contributed by atoms with van der Waals surface area (Å²) in [7, 11) is 1.58. The summed E-state index contributed by atoms with van der Waals surface area (Å²) in [4.78, 5) is 46.4. The van der Waals surface area contributed by atoms with E-state index < -0.39 is 5.56 Å². The van der Waals surface area contributed by atoms with Gasteiger partial charge in [-0.1, -0.05) is 30.0 Å². The number of aromatic amines is 1. The molecule has 2 aromatic heterocycles. The maximum absolute atomic E-state index is 13.0. The third-order valence-electron chi connectivity index (χ3n) is 6.68. The Balaban J connectivity index is 1.23. The molecule has 4 heterocycles. The molecule has 9 nitrogen and oxygen atoms in total. The van der Waals surface area contributed by atoms with E-state index in [0.29, 0.717) is 25.4 Å². The van der Waals surface area contributed by atoms with Gasteiger partial charge in [0.25, 0.3) is 11.1 Å². The van der Waals surface area contributed by atoms with Gasteiger partial charge in [0, 0.05) is 43.7 Å². The fourth-order valence-electron chi connectivity index (χ4n) is 4.96. The number of nitrogens with zero attached hydrogens (tertiary/aromatic N) is 3. The van der Waals surface area contributed by atoms with E-state index in [1.165, 1.54) is 0 Å². The summed E-state index contributed by atoms with van der Waals surface area (Å²) < 4.78 is 6.97. The molecule has 2 bridgehead atoms. The second-order valence-corrected chi connectivity index (χ2v) is 9.95. The molecule has 1 aromatic carbocycles. The Hall–Kier alpha value is -3.53. The number of ether oxygens (including phenoxy) is 1. The van der Waals surface area contributed by atoms with Crippen molar-refractivity contribution < 1.29 is 14.6 Å². The van der Waals surface area contributed by atoms with E-state index in [1.807, 2.05) is 27.7 Å². The number of nitrogens with one attached hydrogen (secondary N) is 1. The largest absolute Gasteiger partial charge is 0.497 e. The van der Waals surface area contributed by atoms with Gasteiger partial charge in [-0.05, 0) is 36.1 Å². The van der Waals surface area contributed by atoms with Gasteiger partial charge in [0.2, 0.25) is 11.8 Å². The highest BCUT2D eigenvalue weighted by atomic mass is 32.2. The van der Waals surface area contributed by atoms with Crippen LogP contribution in [0.15, 0.2) is 57.2 Å². The number of piperidine rings is 1. The first-order valence-corrected chi connectivity index (χ1v) is 12.4. The summed E-state index contributed by atoms with van der Waals surface area (Å²) in [5.74, 6) is 0.798. The molecule has 2 N–H and O–H groups in total. The van der Waals surface area contributed by atoms with Crippen LogP contribution >= 0.6 is 11.8 Å². The zero-order chi connectivity index (χ0) is 24.5. The molecule has 0 spiro atoms. The fourth-order valence-corrected chi connectivity index (χ4v) is 5.72. The first kappa shape index (κ1) is 23.2. The minimum atomic E-state index is -0.433. The molecule has 2 atom stereocenters. The molecule has 0 aliphatic carbocycles. The second-order valence-electron chi connectivity index (χ2n) is 8.98.